The molecule has 34 heavy (non-hydrogen) atoms. The summed E-state index contributed by atoms with van der Waals surface area (Å²) < 4.78 is 0. The van der Waals surface area contributed by atoms with E-state index in [1.165, 1.54) is 19.3 Å². The fourth-order valence-electron chi connectivity index (χ4n) is 11.1. The molecule has 0 spiro atoms. The minimum atomic E-state index is -0.930. The van der Waals surface area contributed by atoms with Gasteiger partial charge in [0.25, 0.3) is 0 Å². The van der Waals surface area contributed by atoms with E-state index in [1.807, 2.05) is 0 Å². The average molecular weight is 471 g/mol. The Hall–Kier alpha value is -1.32. The van der Waals surface area contributed by atoms with Crippen LogP contribution in [0.3, 0.4) is 0 Å². The number of carboxylic acids is 2. The zero-order valence-corrected chi connectivity index (χ0v) is 22.2. The maximum atomic E-state index is 13.5. The molecule has 0 aromatic carbocycles. The first-order chi connectivity index (χ1) is 15.8. The van der Waals surface area contributed by atoms with Crippen LogP contribution in [-0.2, 0) is 9.59 Å². The Labute approximate surface area is 206 Å². The molecule has 5 aliphatic rings. The van der Waals surface area contributed by atoms with Crippen molar-refractivity contribution >= 4 is 11.9 Å². The van der Waals surface area contributed by atoms with Gasteiger partial charge in [-0.2, -0.15) is 0 Å². The first kappa shape index (κ1) is 24.4. The van der Waals surface area contributed by atoms with Crippen molar-refractivity contribution in [1.29, 1.82) is 0 Å². The van der Waals surface area contributed by atoms with E-state index in [2.05, 4.69) is 47.6 Å². The van der Waals surface area contributed by atoms with Crippen molar-refractivity contribution in [3.05, 3.63) is 11.6 Å². The van der Waals surface area contributed by atoms with Gasteiger partial charge in [0.05, 0.1) is 10.8 Å². The van der Waals surface area contributed by atoms with E-state index >= 15 is 0 Å². The zero-order valence-electron chi connectivity index (χ0n) is 22.2. The minimum Gasteiger partial charge on any atom is -0.481 e. The van der Waals surface area contributed by atoms with Crippen LogP contribution >= 0.6 is 0 Å². The molecule has 0 amide bonds. The number of carbonyl (C=O) groups is 2. The highest BCUT2D eigenvalue weighted by molar-refractivity contribution is 5.84. The van der Waals surface area contributed by atoms with Crippen LogP contribution in [0.4, 0.5) is 0 Å². The van der Waals surface area contributed by atoms with Gasteiger partial charge < -0.3 is 10.2 Å². The van der Waals surface area contributed by atoms with E-state index in [4.69, 9.17) is 0 Å². The lowest BCUT2D eigenvalue weighted by atomic mass is 9.33. The van der Waals surface area contributed by atoms with Crippen LogP contribution in [0.15, 0.2) is 11.6 Å². The van der Waals surface area contributed by atoms with Gasteiger partial charge in [-0.3, -0.25) is 9.59 Å². The summed E-state index contributed by atoms with van der Waals surface area (Å²) in [5.74, 6) is 0.0248. The summed E-state index contributed by atoms with van der Waals surface area (Å²) in [7, 11) is 0. The lowest BCUT2D eigenvalue weighted by Gasteiger charge is -2.70. The molecule has 0 bridgehead atoms. The molecular formula is C30H46O4. The third-order valence-electron chi connectivity index (χ3n) is 13.0. The molecule has 4 fully saturated rings. The third kappa shape index (κ3) is 2.72. The van der Waals surface area contributed by atoms with Crippen molar-refractivity contribution in [1.82, 2.24) is 0 Å². The lowest BCUT2D eigenvalue weighted by Crippen LogP contribution is -2.67. The van der Waals surface area contributed by atoms with Crippen molar-refractivity contribution in [3.8, 4) is 0 Å². The first-order valence-electron chi connectivity index (χ1n) is 14.0. The van der Waals surface area contributed by atoms with Gasteiger partial charge in [0, 0.05) is 0 Å². The molecule has 4 saturated carbocycles. The molecule has 0 unspecified atom stereocenters. The second-order valence-electron chi connectivity index (χ2n) is 14.3. The molecule has 4 heteroatoms. The quantitative estimate of drug-likeness (QED) is 0.419. The van der Waals surface area contributed by atoms with E-state index in [0.717, 1.165) is 31.3 Å². The fourth-order valence-corrected chi connectivity index (χ4v) is 11.1. The second-order valence-corrected chi connectivity index (χ2v) is 14.3. The Balaban J connectivity index is 1.69. The monoisotopic (exact) mass is 470 g/mol. The van der Waals surface area contributed by atoms with Gasteiger partial charge in [-0.15, -0.1) is 0 Å². The second kappa shape index (κ2) is 7.35. The number of allylic oxidation sites excluding steroid dienone is 1. The maximum Gasteiger partial charge on any atom is 0.314 e. The van der Waals surface area contributed by atoms with Gasteiger partial charge in [-0.1, -0.05) is 59.6 Å². The SMILES string of the molecule is C[C@H]1[C@H](C)CC[C@]2(C(=O)O)CC[C@]3(C(=O)O)C(=CC[C@@H]4[C@@]5(C)CCCC(C)(C)[C@@H]5CC[C@]43C)[C@@H]12. The van der Waals surface area contributed by atoms with Crippen LogP contribution in [0.2, 0.25) is 0 Å². The Morgan fingerprint density at radius 1 is 0.853 bits per heavy atom. The average Bonchev–Trinajstić information content (AvgIpc) is 2.74. The highest BCUT2D eigenvalue weighted by Crippen LogP contribution is 2.75. The molecule has 4 nitrogen and oxygen atoms in total. The Morgan fingerprint density at radius 3 is 2.21 bits per heavy atom. The first-order valence-corrected chi connectivity index (χ1v) is 14.0. The number of fused-ring (bicyclic) bond motifs is 7. The third-order valence-corrected chi connectivity index (χ3v) is 13.0. The highest BCUT2D eigenvalue weighted by atomic mass is 16.4. The topological polar surface area (TPSA) is 74.6 Å². The molecule has 5 rings (SSSR count). The van der Waals surface area contributed by atoms with Gasteiger partial charge in [0.1, 0.15) is 0 Å². The van der Waals surface area contributed by atoms with Crippen LogP contribution < -0.4 is 0 Å². The van der Waals surface area contributed by atoms with E-state index in [1.54, 1.807) is 0 Å². The normalized spacial score (nSPS) is 51.7. The summed E-state index contributed by atoms with van der Waals surface area (Å²) in [4.78, 5) is 26.3. The van der Waals surface area contributed by atoms with Gasteiger partial charge in [-0.25, -0.2) is 0 Å². The van der Waals surface area contributed by atoms with Crippen molar-refractivity contribution < 1.29 is 19.8 Å². The van der Waals surface area contributed by atoms with Crippen LogP contribution in [0, 0.1) is 56.7 Å². The summed E-state index contributed by atoms with van der Waals surface area (Å²) >= 11 is 0. The van der Waals surface area contributed by atoms with Crippen molar-refractivity contribution in [2.75, 3.05) is 0 Å². The number of rotatable bonds is 2. The summed E-state index contributed by atoms with van der Waals surface area (Å²) in [5.41, 5.74) is -0.608. The number of hydrogen-bond donors (Lipinski definition) is 2. The Bertz CT molecular complexity index is 934. The van der Waals surface area contributed by atoms with Crippen LogP contribution in [0.5, 0.6) is 0 Å². The number of aliphatic carboxylic acids is 2. The molecule has 0 radical (unpaired) electrons. The standard InChI is InChI=1S/C30H46O4/c1-18-10-15-29(24(31)32)16-17-30(25(33)34)20(23(29)19(18)2)8-9-22-27(5)13-7-12-26(3,4)21(27)11-14-28(22,30)6/h8,18-19,21-23H,7,9-17H2,1-6H3,(H,31,32)(H,33,34)/t18-,19+,21+,22-,23-,27+,28-,29+,30-/m1/s1. The largest absolute Gasteiger partial charge is 0.481 e. The molecule has 190 valence electrons. The van der Waals surface area contributed by atoms with Crippen molar-refractivity contribution in [3.63, 3.8) is 0 Å². The smallest absolute Gasteiger partial charge is 0.314 e. The van der Waals surface area contributed by atoms with E-state index in [0.29, 0.717) is 42.4 Å². The maximum absolute atomic E-state index is 13.5. The van der Waals surface area contributed by atoms with Crippen molar-refractivity contribution in [2.45, 2.75) is 106 Å². The predicted octanol–water partition coefficient (Wildman–Crippen LogP) is 7.18. The summed E-state index contributed by atoms with van der Waals surface area (Å²) in [6.07, 6.45) is 11.5. The molecule has 0 aromatic rings. The van der Waals surface area contributed by atoms with E-state index < -0.39 is 22.8 Å². The Kier molecular flexibility index (Phi) is 5.27. The minimum absolute atomic E-state index is 0.145. The zero-order chi connectivity index (χ0) is 24.9. The number of hydrogen-bond acceptors (Lipinski definition) is 2. The van der Waals surface area contributed by atoms with Crippen LogP contribution in [0.1, 0.15) is 106 Å². The van der Waals surface area contributed by atoms with E-state index in [9.17, 15) is 19.8 Å². The summed E-state index contributed by atoms with van der Waals surface area (Å²) in [6.45, 7) is 14.1. The van der Waals surface area contributed by atoms with Crippen LogP contribution in [-0.4, -0.2) is 22.2 Å². The lowest BCUT2D eigenvalue weighted by molar-refractivity contribution is -0.205. The molecule has 0 heterocycles. The van der Waals surface area contributed by atoms with E-state index in [-0.39, 0.29) is 22.7 Å². The van der Waals surface area contributed by atoms with Gasteiger partial charge in [0.15, 0.2) is 0 Å². The summed E-state index contributed by atoms with van der Waals surface area (Å²) in [6, 6.07) is 0. The molecule has 0 saturated heterocycles. The molecule has 0 aliphatic heterocycles. The van der Waals surface area contributed by atoms with Crippen LogP contribution in [0.25, 0.3) is 0 Å². The van der Waals surface area contributed by atoms with Gasteiger partial charge >= 0.3 is 11.9 Å². The molecule has 0 aromatic heterocycles. The Morgan fingerprint density at radius 2 is 1.56 bits per heavy atom. The predicted molar refractivity (Wildman–Crippen MR) is 133 cm³/mol. The molecule has 9 atom stereocenters. The van der Waals surface area contributed by atoms with Crippen molar-refractivity contribution in [2.24, 2.45) is 56.7 Å². The van der Waals surface area contributed by atoms with Gasteiger partial charge in [-0.05, 0) is 104 Å². The highest BCUT2D eigenvalue weighted by Gasteiger charge is 2.72. The molecular weight excluding hydrogens is 424 g/mol. The van der Waals surface area contributed by atoms with Gasteiger partial charge in [0.2, 0.25) is 0 Å². The molecule has 5 aliphatic carbocycles. The fraction of sp³-hybridized carbons (Fsp3) is 0.867. The molecule has 2 N–H and O–H groups in total. The number of carboxylic acid groups (broad SMARTS) is 2. The summed E-state index contributed by atoms with van der Waals surface area (Å²) in [5, 5.41) is 21.6.